The van der Waals surface area contributed by atoms with Gasteiger partial charge < -0.3 is 20.1 Å². The fourth-order valence-electron chi connectivity index (χ4n) is 3.67. The van der Waals surface area contributed by atoms with Gasteiger partial charge in [-0.15, -0.1) is 0 Å². The van der Waals surface area contributed by atoms with E-state index in [-0.39, 0.29) is 6.03 Å². The highest BCUT2D eigenvalue weighted by Crippen LogP contribution is 2.28. The minimum atomic E-state index is -0.315. The Kier molecular flexibility index (Phi) is 5.86. The van der Waals surface area contributed by atoms with Crippen LogP contribution in [0.3, 0.4) is 0 Å². The molecule has 6 heteroatoms. The molecule has 30 heavy (non-hydrogen) atoms. The van der Waals surface area contributed by atoms with Gasteiger partial charge in [0.25, 0.3) is 0 Å². The summed E-state index contributed by atoms with van der Waals surface area (Å²) in [7, 11) is 3.15. The van der Waals surface area contributed by atoms with Crippen molar-refractivity contribution in [3.8, 4) is 11.5 Å². The van der Waals surface area contributed by atoms with Crippen LogP contribution >= 0.6 is 0 Å². The monoisotopic (exact) mass is 403 g/mol. The Morgan fingerprint density at radius 3 is 2.20 bits per heavy atom. The van der Waals surface area contributed by atoms with Gasteiger partial charge in [0, 0.05) is 49.2 Å². The van der Waals surface area contributed by atoms with Crippen LogP contribution in [0.25, 0.3) is 0 Å². The van der Waals surface area contributed by atoms with Crippen LogP contribution < -0.4 is 20.1 Å². The molecule has 1 aliphatic rings. The third kappa shape index (κ3) is 4.72. The van der Waals surface area contributed by atoms with Gasteiger partial charge in [-0.2, -0.15) is 0 Å². The Balaban J connectivity index is 1.39. The van der Waals surface area contributed by atoms with E-state index in [1.54, 1.807) is 32.4 Å². The summed E-state index contributed by atoms with van der Waals surface area (Å²) in [6.07, 6.45) is 0. The molecule has 0 aliphatic carbocycles. The highest BCUT2D eigenvalue weighted by atomic mass is 16.5. The lowest BCUT2D eigenvalue weighted by Gasteiger charge is -2.14. The van der Waals surface area contributed by atoms with Crippen molar-refractivity contribution in [2.75, 3.05) is 24.9 Å². The van der Waals surface area contributed by atoms with Crippen LogP contribution in [0.5, 0.6) is 11.5 Å². The van der Waals surface area contributed by atoms with E-state index < -0.39 is 0 Å². The highest BCUT2D eigenvalue weighted by Gasteiger charge is 2.19. The van der Waals surface area contributed by atoms with E-state index in [9.17, 15) is 4.79 Å². The fourth-order valence-corrected chi connectivity index (χ4v) is 3.67. The van der Waals surface area contributed by atoms with E-state index in [0.717, 1.165) is 25.3 Å². The molecule has 0 saturated heterocycles. The molecule has 3 aromatic carbocycles. The summed E-state index contributed by atoms with van der Waals surface area (Å²) >= 11 is 0. The quantitative estimate of drug-likeness (QED) is 0.617. The number of hydrogen-bond acceptors (Lipinski definition) is 4. The average molecular weight is 403 g/mol. The summed E-state index contributed by atoms with van der Waals surface area (Å²) in [5.74, 6) is 1.22. The number of urea groups is 1. The van der Waals surface area contributed by atoms with E-state index >= 15 is 0 Å². The second-order valence-corrected chi connectivity index (χ2v) is 7.29. The molecule has 0 bridgehead atoms. The topological polar surface area (TPSA) is 62.8 Å². The molecule has 0 radical (unpaired) electrons. The van der Waals surface area contributed by atoms with Crippen molar-refractivity contribution >= 4 is 17.4 Å². The first-order valence-corrected chi connectivity index (χ1v) is 9.82. The zero-order chi connectivity index (χ0) is 20.9. The fraction of sp³-hybridized carbons (Fsp3) is 0.208. The number of ether oxygens (including phenoxy) is 2. The van der Waals surface area contributed by atoms with Crippen molar-refractivity contribution in [2.24, 2.45) is 0 Å². The summed E-state index contributed by atoms with van der Waals surface area (Å²) < 4.78 is 10.5. The smallest absolute Gasteiger partial charge is 0.323 e. The van der Waals surface area contributed by atoms with Crippen molar-refractivity contribution in [2.45, 2.75) is 19.6 Å². The average Bonchev–Trinajstić information content (AvgIpc) is 3.15. The number of rotatable bonds is 6. The summed E-state index contributed by atoms with van der Waals surface area (Å²) in [6.45, 7) is 2.70. The second-order valence-electron chi connectivity index (χ2n) is 7.29. The Morgan fingerprint density at radius 2 is 1.50 bits per heavy atom. The minimum absolute atomic E-state index is 0.315. The molecule has 1 aliphatic heterocycles. The van der Waals surface area contributed by atoms with Gasteiger partial charge in [0.15, 0.2) is 0 Å². The predicted octanol–water partition coefficient (Wildman–Crippen LogP) is 4.86. The van der Waals surface area contributed by atoms with Gasteiger partial charge in [-0.05, 0) is 28.8 Å². The minimum Gasteiger partial charge on any atom is -0.497 e. The number of hydrogen-bond donors (Lipinski definition) is 2. The maximum atomic E-state index is 12.5. The molecule has 0 saturated carbocycles. The Labute approximate surface area is 176 Å². The Morgan fingerprint density at radius 1 is 0.833 bits per heavy atom. The second kappa shape index (κ2) is 8.88. The molecule has 0 unspecified atom stereocenters. The molecule has 6 nitrogen and oxygen atoms in total. The van der Waals surface area contributed by atoms with Gasteiger partial charge >= 0.3 is 6.03 Å². The number of benzene rings is 3. The highest BCUT2D eigenvalue weighted by molar-refractivity contribution is 6.00. The first-order chi connectivity index (χ1) is 14.6. The SMILES string of the molecule is COc1cc(NC(=O)Nc2ccc3c(c2)CN(Cc2ccccc2)C3)cc(OC)c1. The van der Waals surface area contributed by atoms with Gasteiger partial charge in [-0.25, -0.2) is 4.79 Å². The zero-order valence-corrected chi connectivity index (χ0v) is 17.1. The van der Waals surface area contributed by atoms with E-state index in [4.69, 9.17) is 9.47 Å². The third-order valence-corrected chi connectivity index (χ3v) is 5.11. The molecule has 0 spiro atoms. The summed E-state index contributed by atoms with van der Waals surface area (Å²) in [5, 5.41) is 5.74. The number of amides is 2. The lowest BCUT2D eigenvalue weighted by molar-refractivity contribution is 0.262. The molecule has 1 heterocycles. The Bertz CT molecular complexity index is 1010. The molecule has 0 aromatic heterocycles. The van der Waals surface area contributed by atoms with Crippen molar-refractivity contribution in [3.63, 3.8) is 0 Å². The molecule has 0 fully saturated rings. The molecular weight excluding hydrogens is 378 g/mol. The van der Waals surface area contributed by atoms with Crippen molar-refractivity contribution < 1.29 is 14.3 Å². The summed E-state index contributed by atoms with van der Waals surface area (Å²) in [5.41, 5.74) is 5.21. The van der Waals surface area contributed by atoms with Crippen LogP contribution in [0.2, 0.25) is 0 Å². The van der Waals surface area contributed by atoms with E-state index in [1.807, 2.05) is 18.2 Å². The first-order valence-electron chi connectivity index (χ1n) is 9.82. The van der Waals surface area contributed by atoms with Crippen LogP contribution in [0.1, 0.15) is 16.7 Å². The van der Waals surface area contributed by atoms with E-state index in [1.165, 1.54) is 16.7 Å². The first kappa shape index (κ1) is 19.8. The van der Waals surface area contributed by atoms with Gasteiger partial charge in [0.2, 0.25) is 0 Å². The van der Waals surface area contributed by atoms with Crippen molar-refractivity contribution in [1.29, 1.82) is 0 Å². The van der Waals surface area contributed by atoms with Gasteiger partial charge in [-0.1, -0.05) is 36.4 Å². The molecule has 2 amide bonds. The standard InChI is InChI=1S/C24H25N3O3/c1-29-22-11-21(12-23(13-22)30-2)26-24(28)25-20-9-8-18-15-27(16-19(18)10-20)14-17-6-4-3-5-7-17/h3-13H,14-16H2,1-2H3,(H2,25,26,28). The summed E-state index contributed by atoms with van der Waals surface area (Å²) in [6, 6.07) is 21.5. The maximum absolute atomic E-state index is 12.5. The molecule has 154 valence electrons. The largest absolute Gasteiger partial charge is 0.497 e. The number of nitrogens with one attached hydrogen (secondary N) is 2. The molecular formula is C24H25N3O3. The van der Waals surface area contributed by atoms with Gasteiger partial charge in [-0.3, -0.25) is 4.90 Å². The lowest BCUT2D eigenvalue weighted by atomic mass is 10.1. The molecule has 3 aromatic rings. The van der Waals surface area contributed by atoms with E-state index in [2.05, 4.69) is 45.9 Å². The number of fused-ring (bicyclic) bond motifs is 1. The van der Waals surface area contributed by atoms with Crippen LogP contribution in [-0.2, 0) is 19.6 Å². The number of carbonyl (C=O) groups is 1. The van der Waals surface area contributed by atoms with Gasteiger partial charge in [0.1, 0.15) is 11.5 Å². The van der Waals surface area contributed by atoms with Crippen LogP contribution in [-0.4, -0.2) is 25.2 Å². The predicted molar refractivity (Wildman–Crippen MR) is 118 cm³/mol. The molecule has 4 rings (SSSR count). The summed E-state index contributed by atoms with van der Waals surface area (Å²) in [4.78, 5) is 14.9. The number of nitrogens with zero attached hydrogens (tertiary/aromatic N) is 1. The molecule has 2 N–H and O–H groups in total. The van der Waals surface area contributed by atoms with Crippen molar-refractivity contribution in [3.05, 3.63) is 83.4 Å². The zero-order valence-electron chi connectivity index (χ0n) is 17.1. The normalized spacial score (nSPS) is 12.9. The van der Waals surface area contributed by atoms with Crippen LogP contribution in [0, 0.1) is 0 Å². The lowest BCUT2D eigenvalue weighted by Crippen LogP contribution is -2.19. The third-order valence-electron chi connectivity index (χ3n) is 5.11. The number of anilines is 2. The van der Waals surface area contributed by atoms with Crippen molar-refractivity contribution in [1.82, 2.24) is 4.90 Å². The number of methoxy groups -OCH3 is 2. The number of carbonyl (C=O) groups excluding carboxylic acids is 1. The maximum Gasteiger partial charge on any atom is 0.323 e. The Hall–Kier alpha value is -3.51. The van der Waals surface area contributed by atoms with E-state index in [0.29, 0.717) is 17.2 Å². The molecule has 0 atom stereocenters. The van der Waals surface area contributed by atoms with Crippen LogP contribution in [0.15, 0.2) is 66.7 Å². The van der Waals surface area contributed by atoms with Gasteiger partial charge in [0.05, 0.1) is 14.2 Å². The van der Waals surface area contributed by atoms with Crippen LogP contribution in [0.4, 0.5) is 16.2 Å².